The van der Waals surface area contributed by atoms with Crippen LogP contribution in [0.1, 0.15) is 363 Å². The van der Waals surface area contributed by atoms with Crippen LogP contribution in [0.5, 0.6) is 0 Å². The van der Waals surface area contributed by atoms with E-state index in [9.17, 15) is 14.4 Å². The third-order valence-electron chi connectivity index (χ3n) is 18.7. The van der Waals surface area contributed by atoms with Gasteiger partial charge in [0.15, 0.2) is 8.32 Å². The van der Waals surface area contributed by atoms with Crippen molar-refractivity contribution in [3.8, 4) is 0 Å². The highest BCUT2D eigenvalue weighted by Gasteiger charge is 2.36. The number of allylic oxidation sites excluding steroid dienone is 12. The van der Waals surface area contributed by atoms with Gasteiger partial charge in [-0.15, -0.1) is 0 Å². The van der Waals surface area contributed by atoms with Crippen molar-refractivity contribution >= 4 is 26.2 Å². The molecule has 0 saturated carbocycles. The average molecular weight is 1330 g/mol. The second kappa shape index (κ2) is 71.2. The summed E-state index contributed by atoms with van der Waals surface area (Å²) in [5.74, 6) is -0.117. The molecule has 0 aromatic rings. The lowest BCUT2D eigenvalue weighted by Crippen LogP contribution is -2.41. The highest BCUT2D eigenvalue weighted by atomic mass is 28.4. The van der Waals surface area contributed by atoms with Crippen molar-refractivity contribution in [2.45, 2.75) is 381 Å². The molecule has 0 aromatic carbocycles. The summed E-state index contributed by atoms with van der Waals surface area (Å²) >= 11 is 0. The van der Waals surface area contributed by atoms with Gasteiger partial charge in [-0.1, -0.05) is 249 Å². The Morgan fingerprint density at radius 2 is 0.532 bits per heavy atom. The summed E-state index contributed by atoms with van der Waals surface area (Å²) in [5.41, 5.74) is 0. The predicted octanol–water partition coefficient (Wildman–Crippen LogP) is 25.1. The Morgan fingerprint density at radius 3 is 0.840 bits per heavy atom. The first-order valence-electron chi connectivity index (χ1n) is 40.3. The molecule has 0 aliphatic rings. The van der Waals surface area contributed by atoms with Gasteiger partial charge < -0.3 is 28.4 Å². The van der Waals surface area contributed by atoms with Gasteiger partial charge in [0.25, 0.3) is 0 Å². The number of hydrogen-bond donors (Lipinski definition) is 0. The summed E-state index contributed by atoms with van der Waals surface area (Å²) < 4.78 is 23.6. The maximum absolute atomic E-state index is 12.7. The number of nitrogens with zero attached hydrogens (tertiary/aromatic N) is 2. The second-order valence-corrected chi connectivity index (χ2v) is 33.7. The first-order chi connectivity index (χ1) is 45.9. The molecule has 9 nitrogen and oxygen atoms in total. The monoisotopic (exact) mass is 1330 g/mol. The molecule has 0 aromatic heterocycles. The van der Waals surface area contributed by atoms with E-state index in [-0.39, 0.29) is 22.9 Å². The Bertz CT molecular complexity index is 1830. The molecule has 548 valence electrons. The average Bonchev–Trinajstić information content (AvgIpc) is 3.21. The molecular formula is C84H156N2O7Si. The van der Waals surface area contributed by atoms with Crippen molar-refractivity contribution in [2.24, 2.45) is 0 Å². The molecular weight excluding hydrogens is 1180 g/mol. The van der Waals surface area contributed by atoms with Gasteiger partial charge >= 0.3 is 17.9 Å². The zero-order valence-corrected chi connectivity index (χ0v) is 64.6. The van der Waals surface area contributed by atoms with Crippen molar-refractivity contribution in [2.75, 3.05) is 65.7 Å². The Kier molecular flexibility index (Phi) is 68.9. The van der Waals surface area contributed by atoms with Gasteiger partial charge in [0, 0.05) is 32.4 Å². The molecule has 0 fully saturated rings. The quantitative estimate of drug-likeness (QED) is 0.0194. The molecule has 0 bridgehead atoms. The summed E-state index contributed by atoms with van der Waals surface area (Å²) in [6.07, 6.45) is 83.7. The number of hydrogen-bond acceptors (Lipinski definition) is 9. The van der Waals surface area contributed by atoms with E-state index in [0.29, 0.717) is 39.1 Å². The molecule has 0 rings (SSSR count). The molecule has 0 unspecified atom stereocenters. The van der Waals surface area contributed by atoms with E-state index in [2.05, 4.69) is 137 Å². The highest BCUT2D eigenvalue weighted by Crippen LogP contribution is 2.36. The number of carbonyl (C=O) groups excluding carboxylic acids is 3. The van der Waals surface area contributed by atoms with Gasteiger partial charge in [0.1, 0.15) is 0 Å². The molecule has 94 heavy (non-hydrogen) atoms. The smallest absolute Gasteiger partial charge is 0.305 e. The Hall–Kier alpha value is -3.05. The van der Waals surface area contributed by atoms with Gasteiger partial charge in [-0.2, -0.15) is 0 Å². The minimum atomic E-state index is -1.81. The molecule has 0 aliphatic heterocycles. The van der Waals surface area contributed by atoms with Crippen LogP contribution in [0.2, 0.25) is 18.1 Å². The SMILES string of the molecule is CCCCC/C=C\C/C=C\CCCCCCCCOC(=O)CCCCCN(CCCCCCCC(=O)OCCCCCC/C=C\C/C=C\CCCCC)CCCN(CCCCCC(=O)OCCCCCCCC/C=C\C/C=C\CCCCC)CCCO[Si](C)(C)C(C)(C)C. The number of ether oxygens (including phenoxy) is 3. The van der Waals surface area contributed by atoms with E-state index >= 15 is 0 Å². The molecule has 0 amide bonds. The molecule has 0 radical (unpaired) electrons. The van der Waals surface area contributed by atoms with Gasteiger partial charge in [0.05, 0.1) is 19.8 Å². The van der Waals surface area contributed by atoms with Crippen molar-refractivity contribution in [3.05, 3.63) is 72.9 Å². The van der Waals surface area contributed by atoms with Crippen LogP contribution in [0.25, 0.3) is 0 Å². The fraction of sp³-hybridized carbons (Fsp3) is 0.821. The lowest BCUT2D eigenvalue weighted by Gasteiger charge is -2.36. The van der Waals surface area contributed by atoms with Crippen LogP contribution in [-0.2, 0) is 33.0 Å². The lowest BCUT2D eigenvalue weighted by atomic mass is 10.1. The van der Waals surface area contributed by atoms with Crippen LogP contribution in [0.3, 0.4) is 0 Å². The normalized spacial score (nSPS) is 12.6. The van der Waals surface area contributed by atoms with Gasteiger partial charge in [-0.25, -0.2) is 0 Å². The van der Waals surface area contributed by atoms with E-state index in [1.54, 1.807) is 0 Å². The van der Waals surface area contributed by atoms with E-state index in [1.807, 2.05) is 0 Å². The first kappa shape index (κ1) is 90.9. The van der Waals surface area contributed by atoms with Crippen LogP contribution in [0.15, 0.2) is 72.9 Å². The fourth-order valence-electron chi connectivity index (χ4n) is 11.4. The molecule has 0 aliphatic carbocycles. The largest absolute Gasteiger partial charge is 0.466 e. The molecule has 0 heterocycles. The van der Waals surface area contributed by atoms with E-state index < -0.39 is 8.32 Å². The molecule has 10 heteroatoms. The standard InChI is InChI=1S/C84H156N2O7Si/c1-9-12-15-18-21-24-27-30-33-35-38-41-44-47-53-64-78-91-82(88)69-58-55-61-72-85(71-60-51-49-50-57-68-81(87)90-77-63-52-46-43-40-37-32-29-26-23-20-17-14-11-3)74-66-75-86(76-67-80-93-94(7,8)84(4,5)6)73-62-56-59-70-83(89)92-79-65-54-48-45-42-39-36-34-31-28-25-22-19-16-13-10-2/h21-26,30-34,37H,9-20,27-29,35-36,38-80H2,1-8H3/b24-21-,25-22-,26-23-,33-30-,34-31-,37-32-. The van der Waals surface area contributed by atoms with Crippen LogP contribution in [0, 0.1) is 0 Å². The number of unbranched alkanes of at least 4 members (excludes halogenated alkanes) is 33. The second-order valence-electron chi connectivity index (χ2n) is 28.8. The van der Waals surface area contributed by atoms with Crippen LogP contribution < -0.4 is 0 Å². The summed E-state index contributed by atoms with van der Waals surface area (Å²) in [6, 6.07) is 0. The highest BCUT2D eigenvalue weighted by molar-refractivity contribution is 6.74. The third-order valence-corrected chi connectivity index (χ3v) is 23.3. The van der Waals surface area contributed by atoms with Crippen LogP contribution in [-0.4, -0.2) is 102 Å². The topological polar surface area (TPSA) is 94.6 Å². The predicted molar refractivity (Wildman–Crippen MR) is 412 cm³/mol. The van der Waals surface area contributed by atoms with Gasteiger partial charge in [-0.05, 0) is 218 Å². The lowest BCUT2D eigenvalue weighted by molar-refractivity contribution is -0.144. The maximum Gasteiger partial charge on any atom is 0.305 e. The van der Waals surface area contributed by atoms with Crippen LogP contribution >= 0.6 is 0 Å². The summed E-state index contributed by atoms with van der Waals surface area (Å²) in [7, 11) is -1.81. The molecule has 0 spiro atoms. The molecule has 0 atom stereocenters. The van der Waals surface area contributed by atoms with Crippen molar-refractivity contribution < 1.29 is 33.0 Å². The summed E-state index contributed by atoms with van der Waals surface area (Å²) in [5, 5.41) is 0.197. The van der Waals surface area contributed by atoms with E-state index in [0.717, 1.165) is 187 Å². The molecule has 0 N–H and O–H groups in total. The number of esters is 3. The maximum atomic E-state index is 12.7. The fourth-order valence-corrected chi connectivity index (χ4v) is 12.5. The molecule has 0 saturated heterocycles. The zero-order chi connectivity index (χ0) is 68.6. The Balaban J connectivity index is 5.00. The van der Waals surface area contributed by atoms with E-state index in [1.165, 1.54) is 161 Å². The number of carbonyl (C=O) groups is 3. The number of rotatable bonds is 72. The third kappa shape index (κ3) is 67.5. The zero-order valence-electron chi connectivity index (χ0n) is 63.6. The minimum Gasteiger partial charge on any atom is -0.466 e. The minimum absolute atomic E-state index is 0.0387. The van der Waals surface area contributed by atoms with Crippen molar-refractivity contribution in [1.29, 1.82) is 0 Å². The van der Waals surface area contributed by atoms with Crippen molar-refractivity contribution in [1.82, 2.24) is 9.80 Å². The first-order valence-corrected chi connectivity index (χ1v) is 43.2. The van der Waals surface area contributed by atoms with Crippen LogP contribution in [0.4, 0.5) is 0 Å². The Morgan fingerprint density at radius 1 is 0.287 bits per heavy atom. The van der Waals surface area contributed by atoms with Crippen molar-refractivity contribution in [3.63, 3.8) is 0 Å². The summed E-state index contributed by atoms with van der Waals surface area (Å²) in [4.78, 5) is 43.2. The van der Waals surface area contributed by atoms with E-state index in [4.69, 9.17) is 18.6 Å². The Labute approximate surface area is 585 Å². The van der Waals surface area contributed by atoms with Gasteiger partial charge in [0.2, 0.25) is 0 Å². The van der Waals surface area contributed by atoms with Gasteiger partial charge in [-0.3, -0.25) is 14.4 Å². The summed E-state index contributed by atoms with van der Waals surface area (Å²) in [6.45, 7) is 27.2.